The second-order valence-electron chi connectivity index (χ2n) is 14.0. The highest BCUT2D eigenvalue weighted by atomic mass is 16.6. The number of piperidine rings is 1. The fourth-order valence-electron chi connectivity index (χ4n) is 6.61. The molecule has 0 spiro atoms. The number of hydrogen-bond donors (Lipinski definition) is 0. The molecule has 2 aromatic heterocycles. The van der Waals surface area contributed by atoms with Gasteiger partial charge in [-0.1, -0.05) is 18.2 Å². The zero-order valence-corrected chi connectivity index (χ0v) is 28.4. The van der Waals surface area contributed by atoms with Crippen molar-refractivity contribution in [1.29, 1.82) is 5.26 Å². The monoisotopic (exact) mass is 636 g/mol. The first-order valence-corrected chi connectivity index (χ1v) is 16.4. The first-order valence-electron chi connectivity index (χ1n) is 16.4. The summed E-state index contributed by atoms with van der Waals surface area (Å²) in [6, 6.07) is 18.1. The Kier molecular flexibility index (Phi) is 8.77. The standard InChI is InChI=1S/C38H44N4O5/c1-24-23-42-31-21-30(40-42)28-10-8-9-27(20-28)29-19-26(22-39)11-12-32(29)46-25(2)13-18-45-38(6)14-16-41(17-15-38)34(31)33(24)35(36(43)44-7)47-37(3,4)5/h8-12,19-21,23,25,35H,13-18H2,1-7H3/t25-,35-/m0/s1. The SMILES string of the molecule is COC(=O)[C@@H](OC(C)(C)C)c1c(C)cn2nc3cc2c1N1CCC(C)(CC1)OCC[C@H](C)Oc1ccc(C#N)cc1-c1cccc-3c1. The summed E-state index contributed by atoms with van der Waals surface area (Å²) in [5.41, 5.74) is 6.64. The highest BCUT2D eigenvalue weighted by Crippen LogP contribution is 2.42. The number of rotatable bonds is 3. The molecule has 3 aliphatic heterocycles. The second-order valence-corrected chi connectivity index (χ2v) is 14.0. The molecule has 0 N–H and O–H groups in total. The van der Waals surface area contributed by atoms with Gasteiger partial charge in [0.1, 0.15) is 5.75 Å². The van der Waals surface area contributed by atoms with Crippen LogP contribution < -0.4 is 9.64 Å². The number of esters is 1. The van der Waals surface area contributed by atoms with Gasteiger partial charge < -0.3 is 23.8 Å². The fourth-order valence-corrected chi connectivity index (χ4v) is 6.61. The van der Waals surface area contributed by atoms with E-state index in [0.29, 0.717) is 12.2 Å². The molecular weight excluding hydrogens is 592 g/mol. The van der Waals surface area contributed by atoms with Crippen LogP contribution in [0.25, 0.3) is 27.9 Å². The summed E-state index contributed by atoms with van der Waals surface area (Å²) in [6.45, 7) is 14.1. The fraction of sp³-hybridized carbons (Fsp3) is 0.447. The lowest BCUT2D eigenvalue weighted by molar-refractivity contribution is -0.164. The molecule has 5 heterocycles. The van der Waals surface area contributed by atoms with Crippen LogP contribution in [-0.4, -0.2) is 59.7 Å². The van der Waals surface area contributed by atoms with Crippen molar-refractivity contribution in [2.45, 2.75) is 84.2 Å². The third-order valence-corrected chi connectivity index (χ3v) is 9.14. The molecule has 47 heavy (non-hydrogen) atoms. The number of carbonyl (C=O) groups excluding carboxylic acids is 1. The van der Waals surface area contributed by atoms with Gasteiger partial charge in [0.2, 0.25) is 0 Å². The summed E-state index contributed by atoms with van der Waals surface area (Å²) in [5, 5.41) is 14.8. The van der Waals surface area contributed by atoms with Gasteiger partial charge in [-0.25, -0.2) is 9.31 Å². The number of aryl methyl sites for hydroxylation is 1. The van der Waals surface area contributed by atoms with Gasteiger partial charge in [0, 0.05) is 42.4 Å². The zero-order valence-electron chi connectivity index (χ0n) is 28.4. The van der Waals surface area contributed by atoms with Crippen molar-refractivity contribution in [3.8, 4) is 34.2 Å². The van der Waals surface area contributed by atoms with Crippen LogP contribution in [-0.2, 0) is 19.0 Å². The first-order chi connectivity index (χ1) is 22.4. The Morgan fingerprint density at radius 2 is 1.87 bits per heavy atom. The summed E-state index contributed by atoms with van der Waals surface area (Å²) in [5.74, 6) is 0.284. The van der Waals surface area contributed by atoms with E-state index in [4.69, 9.17) is 24.0 Å². The minimum Gasteiger partial charge on any atom is -0.490 e. The summed E-state index contributed by atoms with van der Waals surface area (Å²) in [7, 11) is 1.40. The van der Waals surface area contributed by atoms with E-state index in [1.54, 1.807) is 6.07 Å². The lowest BCUT2D eigenvalue weighted by atomic mass is 9.91. The lowest BCUT2D eigenvalue weighted by Crippen LogP contribution is -2.45. The number of aromatic nitrogens is 2. The van der Waals surface area contributed by atoms with Gasteiger partial charge in [-0.2, -0.15) is 10.4 Å². The van der Waals surface area contributed by atoms with Crippen molar-refractivity contribution in [3.05, 3.63) is 71.4 Å². The maximum atomic E-state index is 13.4. The Morgan fingerprint density at radius 3 is 2.57 bits per heavy atom. The van der Waals surface area contributed by atoms with Gasteiger partial charge in [-0.3, -0.25) is 0 Å². The van der Waals surface area contributed by atoms with E-state index in [2.05, 4.69) is 36.9 Å². The minimum atomic E-state index is -0.920. The van der Waals surface area contributed by atoms with Crippen LogP contribution in [0.15, 0.2) is 54.7 Å². The minimum absolute atomic E-state index is 0.0935. The third kappa shape index (κ3) is 6.71. The molecule has 0 radical (unpaired) electrons. The maximum absolute atomic E-state index is 13.4. The number of nitrogens with zero attached hydrogens (tertiary/aromatic N) is 4. The highest BCUT2D eigenvalue weighted by molar-refractivity contribution is 5.88. The third-order valence-electron chi connectivity index (χ3n) is 9.14. The van der Waals surface area contributed by atoms with E-state index < -0.39 is 17.7 Å². The predicted molar refractivity (Wildman–Crippen MR) is 182 cm³/mol. The number of methoxy groups -OCH3 is 1. The van der Waals surface area contributed by atoms with E-state index in [1.165, 1.54) is 7.11 Å². The Labute approximate surface area is 277 Å². The van der Waals surface area contributed by atoms with Gasteiger partial charge in [0.05, 0.1) is 59.6 Å². The summed E-state index contributed by atoms with van der Waals surface area (Å²) < 4.78 is 26.7. The lowest BCUT2D eigenvalue weighted by Gasteiger charge is -2.42. The largest absolute Gasteiger partial charge is 0.490 e. The van der Waals surface area contributed by atoms with Crippen LogP contribution in [0.3, 0.4) is 0 Å². The van der Waals surface area contributed by atoms with E-state index in [0.717, 1.165) is 82.8 Å². The molecule has 3 aliphatic rings. The second kappa shape index (κ2) is 12.7. The quantitative estimate of drug-likeness (QED) is 0.214. The molecule has 1 saturated heterocycles. The Hall–Kier alpha value is -4.39. The molecule has 7 rings (SSSR count). The summed E-state index contributed by atoms with van der Waals surface area (Å²) >= 11 is 0. The number of anilines is 1. The average molecular weight is 637 g/mol. The van der Waals surface area contributed by atoms with Gasteiger partial charge in [-0.15, -0.1) is 0 Å². The zero-order chi connectivity index (χ0) is 33.5. The molecule has 0 saturated carbocycles. The molecule has 0 aliphatic carbocycles. The molecule has 0 amide bonds. The smallest absolute Gasteiger partial charge is 0.339 e. The molecule has 4 aromatic rings. The topological polar surface area (TPSA) is 98.3 Å². The van der Waals surface area contributed by atoms with Gasteiger partial charge in [-0.05, 0) is 95.8 Å². The number of pyridine rings is 1. The van der Waals surface area contributed by atoms with Crippen LogP contribution in [0.1, 0.15) is 76.7 Å². The molecule has 9 heteroatoms. The van der Waals surface area contributed by atoms with Crippen LogP contribution in [0, 0.1) is 18.3 Å². The molecule has 9 nitrogen and oxygen atoms in total. The van der Waals surface area contributed by atoms with Gasteiger partial charge >= 0.3 is 5.97 Å². The number of fused-ring (bicyclic) bond motifs is 6. The molecule has 2 atom stereocenters. The van der Waals surface area contributed by atoms with Gasteiger partial charge in [0.15, 0.2) is 6.10 Å². The van der Waals surface area contributed by atoms with Crippen molar-refractivity contribution >= 4 is 17.2 Å². The van der Waals surface area contributed by atoms with E-state index >= 15 is 0 Å². The summed E-state index contributed by atoms with van der Waals surface area (Å²) in [4.78, 5) is 15.7. The molecule has 2 aromatic carbocycles. The molecule has 246 valence electrons. The van der Waals surface area contributed by atoms with E-state index in [9.17, 15) is 10.1 Å². The molecular formula is C38H44N4O5. The van der Waals surface area contributed by atoms with Gasteiger partial charge in [0.25, 0.3) is 0 Å². The Morgan fingerprint density at radius 1 is 1.13 bits per heavy atom. The van der Waals surface area contributed by atoms with Crippen LogP contribution in [0.2, 0.25) is 0 Å². The average Bonchev–Trinajstić information content (AvgIpc) is 3.46. The first kappa shape index (κ1) is 32.5. The number of nitriles is 1. The van der Waals surface area contributed by atoms with Crippen LogP contribution in [0.5, 0.6) is 5.75 Å². The van der Waals surface area contributed by atoms with Crippen LogP contribution in [0.4, 0.5) is 5.69 Å². The Balaban J connectivity index is 1.57. The van der Waals surface area contributed by atoms with Crippen LogP contribution >= 0.6 is 0 Å². The maximum Gasteiger partial charge on any atom is 0.339 e. The molecule has 6 bridgehead atoms. The Bertz CT molecular complexity index is 1840. The summed E-state index contributed by atoms with van der Waals surface area (Å²) in [6.07, 6.45) is 3.30. The van der Waals surface area contributed by atoms with Crippen molar-refractivity contribution in [3.63, 3.8) is 0 Å². The number of carbonyl (C=O) groups is 1. The van der Waals surface area contributed by atoms with Crippen molar-refractivity contribution in [2.75, 3.05) is 31.7 Å². The molecule has 0 unspecified atom stereocenters. The highest BCUT2D eigenvalue weighted by Gasteiger charge is 2.37. The van der Waals surface area contributed by atoms with Crippen molar-refractivity contribution in [2.24, 2.45) is 0 Å². The van der Waals surface area contributed by atoms with Crippen molar-refractivity contribution < 1.29 is 23.7 Å². The number of ether oxygens (including phenoxy) is 4. The molecule has 1 fully saturated rings. The van der Waals surface area contributed by atoms with Crippen molar-refractivity contribution in [1.82, 2.24) is 9.61 Å². The van der Waals surface area contributed by atoms with E-state index in [-0.39, 0.29) is 11.7 Å². The predicted octanol–water partition coefficient (Wildman–Crippen LogP) is 7.42. The number of hydrogen-bond acceptors (Lipinski definition) is 8. The number of benzene rings is 2. The van der Waals surface area contributed by atoms with E-state index in [1.807, 2.05) is 68.7 Å². The normalized spacial score (nSPS) is 20.6.